The molecule has 2 N–H and O–H groups in total. The molecule has 0 amide bonds. The topological polar surface area (TPSA) is 64.2 Å². The quantitative estimate of drug-likeness (QED) is 0.768. The molecule has 1 aromatic heterocycles. The van der Waals surface area contributed by atoms with Crippen molar-refractivity contribution < 1.29 is 8.78 Å². The van der Waals surface area contributed by atoms with E-state index in [-0.39, 0.29) is 17.4 Å². The Labute approximate surface area is 162 Å². The van der Waals surface area contributed by atoms with Crippen molar-refractivity contribution in [1.82, 2.24) is 9.97 Å². The van der Waals surface area contributed by atoms with Crippen LogP contribution in [-0.2, 0) is 5.54 Å². The zero-order chi connectivity index (χ0) is 18.5. The monoisotopic (exact) mass is 436 g/mol. The predicted octanol–water partition coefficient (Wildman–Crippen LogP) is 4.51. The molecule has 1 saturated carbocycles. The van der Waals surface area contributed by atoms with Crippen molar-refractivity contribution >= 4 is 44.8 Å². The summed E-state index contributed by atoms with van der Waals surface area (Å²) in [6.07, 6.45) is 5.02. The number of nitrogens with two attached hydrogens (primary N) is 1. The van der Waals surface area contributed by atoms with Gasteiger partial charge in [-0.15, -0.1) is 0 Å². The number of aliphatic imine (C=N–C) groups is 1. The van der Waals surface area contributed by atoms with Crippen LogP contribution >= 0.6 is 27.7 Å². The van der Waals surface area contributed by atoms with Crippen LogP contribution in [0.2, 0.25) is 0 Å². The molecule has 1 aliphatic heterocycles. The third kappa shape index (κ3) is 3.16. The molecule has 1 aliphatic carbocycles. The normalized spacial score (nSPS) is 27.7. The van der Waals surface area contributed by atoms with Gasteiger partial charge in [0.25, 0.3) is 0 Å². The fourth-order valence-electron chi connectivity index (χ4n) is 3.32. The third-order valence-corrected chi connectivity index (χ3v) is 6.33. The van der Waals surface area contributed by atoms with Crippen molar-refractivity contribution in [2.24, 2.45) is 16.6 Å². The molecule has 2 aliphatic rings. The molecule has 8 heteroatoms. The summed E-state index contributed by atoms with van der Waals surface area (Å²) in [6.45, 7) is 1.90. The maximum atomic E-state index is 14.6. The van der Waals surface area contributed by atoms with Crippen LogP contribution in [-0.4, -0.2) is 20.4 Å². The first kappa shape index (κ1) is 17.6. The number of aromatic nitrogens is 2. The predicted molar refractivity (Wildman–Crippen MR) is 104 cm³/mol. The average Bonchev–Trinajstić information content (AvgIpc) is 3.37. The lowest BCUT2D eigenvalue weighted by molar-refractivity contribution is 0.408. The van der Waals surface area contributed by atoms with Crippen molar-refractivity contribution in [1.29, 1.82) is 0 Å². The van der Waals surface area contributed by atoms with Crippen LogP contribution in [0.3, 0.4) is 0 Å². The Morgan fingerprint density at radius 1 is 1.38 bits per heavy atom. The molecular formula is C18H15BrF2N4S. The van der Waals surface area contributed by atoms with Crippen LogP contribution in [0.4, 0.5) is 8.78 Å². The van der Waals surface area contributed by atoms with Gasteiger partial charge in [-0.2, -0.15) is 0 Å². The molecule has 4 rings (SSSR count). The van der Waals surface area contributed by atoms with E-state index in [2.05, 4.69) is 30.9 Å². The van der Waals surface area contributed by atoms with Crippen molar-refractivity contribution in [3.8, 4) is 0 Å². The summed E-state index contributed by atoms with van der Waals surface area (Å²) in [6, 6.07) is 4.52. The number of amidine groups is 1. The number of thioether (sulfide) groups is 1. The van der Waals surface area contributed by atoms with E-state index in [4.69, 9.17) is 5.73 Å². The summed E-state index contributed by atoms with van der Waals surface area (Å²) in [7, 11) is 0. The number of hydrogen-bond donors (Lipinski definition) is 1. The molecule has 2 heterocycles. The van der Waals surface area contributed by atoms with Gasteiger partial charge in [-0.05, 0) is 53.0 Å². The van der Waals surface area contributed by atoms with Crippen LogP contribution < -0.4 is 5.73 Å². The molecule has 4 nitrogen and oxygen atoms in total. The highest BCUT2D eigenvalue weighted by Gasteiger charge is 2.55. The van der Waals surface area contributed by atoms with Gasteiger partial charge in [-0.25, -0.2) is 18.7 Å². The number of benzene rings is 1. The summed E-state index contributed by atoms with van der Waals surface area (Å²) in [4.78, 5) is 12.5. The van der Waals surface area contributed by atoms with E-state index in [1.54, 1.807) is 17.8 Å². The molecule has 2 aromatic rings. The average molecular weight is 437 g/mol. The van der Waals surface area contributed by atoms with Gasteiger partial charge in [0.05, 0.1) is 17.9 Å². The molecule has 0 radical (unpaired) electrons. The molecule has 26 heavy (non-hydrogen) atoms. The van der Waals surface area contributed by atoms with Gasteiger partial charge in [0.2, 0.25) is 0 Å². The van der Waals surface area contributed by atoms with E-state index in [0.717, 1.165) is 6.42 Å². The smallest absolute Gasteiger partial charge is 0.155 e. The fraction of sp³-hybridized carbons (Fsp3) is 0.278. The summed E-state index contributed by atoms with van der Waals surface area (Å²) < 4.78 is 29.6. The summed E-state index contributed by atoms with van der Waals surface area (Å²) in [5.41, 5.74) is 6.29. The second kappa shape index (κ2) is 6.42. The second-order valence-electron chi connectivity index (χ2n) is 6.55. The minimum absolute atomic E-state index is 0.115. The van der Waals surface area contributed by atoms with E-state index >= 15 is 0 Å². The lowest BCUT2D eigenvalue weighted by Crippen LogP contribution is -2.31. The van der Waals surface area contributed by atoms with Crippen molar-refractivity contribution in [3.05, 3.63) is 57.8 Å². The Kier molecular flexibility index (Phi) is 4.35. The molecule has 1 aromatic carbocycles. The highest BCUT2D eigenvalue weighted by molar-refractivity contribution is 9.10. The van der Waals surface area contributed by atoms with Gasteiger partial charge >= 0.3 is 0 Å². The number of rotatable bonds is 3. The first-order chi connectivity index (χ1) is 12.4. The Balaban J connectivity index is 1.72. The van der Waals surface area contributed by atoms with Crippen LogP contribution in [0, 0.1) is 11.7 Å². The number of halogens is 3. The van der Waals surface area contributed by atoms with Crippen LogP contribution in [0.15, 0.2) is 40.2 Å². The second-order valence-corrected chi connectivity index (χ2v) is 8.62. The van der Waals surface area contributed by atoms with Crippen LogP contribution in [0.1, 0.15) is 30.2 Å². The zero-order valence-corrected chi connectivity index (χ0v) is 16.2. The first-order valence-electron chi connectivity index (χ1n) is 8.04. The van der Waals surface area contributed by atoms with E-state index < -0.39 is 11.4 Å². The highest BCUT2D eigenvalue weighted by atomic mass is 79.9. The van der Waals surface area contributed by atoms with Crippen LogP contribution in [0.5, 0.6) is 0 Å². The molecule has 0 bridgehead atoms. The molecule has 3 unspecified atom stereocenters. The number of nitrogens with zero attached hydrogens (tertiary/aromatic N) is 3. The van der Waals surface area contributed by atoms with E-state index in [0.29, 0.717) is 26.1 Å². The maximum absolute atomic E-state index is 14.6. The van der Waals surface area contributed by atoms with Gasteiger partial charge in [0.1, 0.15) is 16.1 Å². The summed E-state index contributed by atoms with van der Waals surface area (Å²) >= 11 is 4.71. The zero-order valence-electron chi connectivity index (χ0n) is 13.8. The maximum Gasteiger partial charge on any atom is 0.155 e. The molecule has 1 fully saturated rings. The lowest BCUT2D eigenvalue weighted by Gasteiger charge is -2.30. The van der Waals surface area contributed by atoms with Gasteiger partial charge in [0, 0.05) is 16.7 Å². The van der Waals surface area contributed by atoms with E-state index in [1.165, 1.54) is 30.6 Å². The Morgan fingerprint density at radius 2 is 2.19 bits per heavy atom. The van der Waals surface area contributed by atoms with Crippen molar-refractivity contribution in [3.63, 3.8) is 0 Å². The SMILES string of the molecule is CC1(c2cc(C=C(F)c3cnc(Br)cn3)ccc2F)N=C(N)SC2CC21. The highest BCUT2D eigenvalue weighted by Crippen LogP contribution is 2.57. The Hall–Kier alpha value is -1.80. The van der Waals surface area contributed by atoms with Gasteiger partial charge in [-0.1, -0.05) is 17.8 Å². The third-order valence-electron chi connectivity index (χ3n) is 4.76. The largest absolute Gasteiger partial charge is 0.379 e. The Bertz CT molecular complexity index is 931. The molecule has 0 spiro atoms. The minimum atomic E-state index is -0.720. The molecule has 3 atom stereocenters. The molecule has 0 saturated heterocycles. The Morgan fingerprint density at radius 3 is 2.92 bits per heavy atom. The lowest BCUT2D eigenvalue weighted by atomic mass is 9.86. The van der Waals surface area contributed by atoms with Crippen molar-refractivity contribution in [2.45, 2.75) is 24.1 Å². The van der Waals surface area contributed by atoms with Gasteiger partial charge in [0.15, 0.2) is 11.0 Å². The first-order valence-corrected chi connectivity index (χ1v) is 9.71. The van der Waals surface area contributed by atoms with Crippen LogP contribution in [0.25, 0.3) is 11.9 Å². The van der Waals surface area contributed by atoms with Gasteiger partial charge in [-0.3, -0.25) is 4.99 Å². The summed E-state index contributed by atoms with van der Waals surface area (Å²) in [5.74, 6) is -0.655. The van der Waals surface area contributed by atoms with E-state index in [9.17, 15) is 8.78 Å². The van der Waals surface area contributed by atoms with Crippen molar-refractivity contribution in [2.75, 3.05) is 0 Å². The van der Waals surface area contributed by atoms with Gasteiger partial charge < -0.3 is 5.73 Å². The molecule has 134 valence electrons. The standard InChI is InChI=1S/C18H15BrF2N4S/c1-18(11-6-15(11)26-17(22)25-18)10-4-9(2-3-12(10)20)5-13(21)14-7-24-16(19)8-23-14/h2-5,7-8,11,15H,6H2,1H3,(H2,22,25). The fourth-order valence-corrected chi connectivity index (χ4v) is 4.81. The molecular weight excluding hydrogens is 422 g/mol. The summed E-state index contributed by atoms with van der Waals surface area (Å²) in [5, 5.41) is 0.855. The van der Waals surface area contributed by atoms with E-state index in [1.807, 2.05) is 6.92 Å². The number of fused-ring (bicyclic) bond motifs is 1. The number of hydrogen-bond acceptors (Lipinski definition) is 5. The minimum Gasteiger partial charge on any atom is -0.379 e.